The van der Waals surface area contributed by atoms with Crippen molar-refractivity contribution in [3.8, 4) is 0 Å². The molecule has 0 aromatic heterocycles. The Morgan fingerprint density at radius 2 is 1.86 bits per heavy atom. The van der Waals surface area contributed by atoms with Crippen LogP contribution >= 0.6 is 22.6 Å². The van der Waals surface area contributed by atoms with Gasteiger partial charge in [0.25, 0.3) is 5.91 Å². The Morgan fingerprint density at radius 1 is 1.10 bits per heavy atom. The highest BCUT2D eigenvalue weighted by molar-refractivity contribution is 14.1. The van der Waals surface area contributed by atoms with Crippen molar-refractivity contribution >= 4 is 39.9 Å². The van der Waals surface area contributed by atoms with Gasteiger partial charge in [0.05, 0.1) is 36.8 Å². The van der Waals surface area contributed by atoms with E-state index in [4.69, 9.17) is 15.1 Å². The van der Waals surface area contributed by atoms with Crippen LogP contribution in [0.15, 0.2) is 24.3 Å². The number of hydrogen-bond acceptors (Lipinski definition) is 6. The van der Waals surface area contributed by atoms with E-state index in [1.807, 2.05) is 28.1 Å². The number of anilines is 2. The van der Waals surface area contributed by atoms with E-state index in [0.29, 0.717) is 3.57 Å². The molecule has 1 amide bonds. The summed E-state index contributed by atoms with van der Waals surface area (Å²) in [5, 5.41) is 22.6. The third-order valence-corrected chi connectivity index (χ3v) is 4.35. The fourth-order valence-corrected chi connectivity index (χ4v) is 2.81. The van der Waals surface area contributed by atoms with Crippen molar-refractivity contribution in [3.63, 3.8) is 0 Å². The molecule has 29 heavy (non-hydrogen) atoms. The van der Waals surface area contributed by atoms with Crippen molar-refractivity contribution in [1.82, 2.24) is 10.8 Å². The molecular weight excluding hydrogens is 506 g/mol. The number of aliphatic hydroxyl groups excluding tert-OH is 2. The molecule has 0 radical (unpaired) electrons. The van der Waals surface area contributed by atoms with Gasteiger partial charge < -0.3 is 20.8 Å². The van der Waals surface area contributed by atoms with Gasteiger partial charge in [-0.15, -0.1) is 0 Å². The van der Waals surface area contributed by atoms with Crippen molar-refractivity contribution in [2.75, 3.05) is 31.7 Å². The Balaban J connectivity index is 2.45. The number of halogens is 4. The van der Waals surface area contributed by atoms with Crippen molar-refractivity contribution in [1.29, 1.82) is 0 Å². The molecule has 0 spiro atoms. The summed E-state index contributed by atoms with van der Waals surface area (Å²) in [6, 6.07) is 5.16. The van der Waals surface area contributed by atoms with Crippen LogP contribution in [-0.4, -0.2) is 42.5 Å². The number of amides is 1. The summed E-state index contributed by atoms with van der Waals surface area (Å²) in [5.74, 6) is -4.24. The number of carbonyl (C=O) groups excluding carboxylic acids is 1. The van der Waals surface area contributed by atoms with E-state index >= 15 is 0 Å². The molecular formula is C18H19F3IN3O4. The molecule has 0 aliphatic rings. The van der Waals surface area contributed by atoms with Crippen molar-refractivity contribution < 1.29 is 33.0 Å². The number of aliphatic hydroxyl groups is 2. The van der Waals surface area contributed by atoms with E-state index in [1.165, 1.54) is 12.1 Å². The van der Waals surface area contributed by atoms with Gasteiger partial charge in [-0.25, -0.2) is 18.7 Å². The molecule has 0 saturated heterocycles. The average molecular weight is 525 g/mol. The minimum atomic E-state index is -1.38. The molecule has 0 atom stereocenters. The summed E-state index contributed by atoms with van der Waals surface area (Å²) in [7, 11) is 0. The van der Waals surface area contributed by atoms with Gasteiger partial charge in [-0.1, -0.05) is 0 Å². The Hall–Kier alpha value is -1.93. The van der Waals surface area contributed by atoms with E-state index in [-0.39, 0.29) is 49.7 Å². The molecule has 5 N–H and O–H groups in total. The van der Waals surface area contributed by atoms with Crippen molar-refractivity contribution in [2.45, 2.75) is 6.54 Å². The molecule has 0 unspecified atom stereocenters. The minimum absolute atomic E-state index is 0.135. The molecule has 0 fully saturated rings. The first-order chi connectivity index (χ1) is 13.9. The van der Waals surface area contributed by atoms with Gasteiger partial charge in [0.2, 0.25) is 0 Å². The van der Waals surface area contributed by atoms with E-state index in [9.17, 15) is 18.0 Å². The van der Waals surface area contributed by atoms with Crippen LogP contribution in [0.5, 0.6) is 0 Å². The number of carbonyl (C=O) groups is 1. The molecule has 0 aliphatic carbocycles. The lowest BCUT2D eigenvalue weighted by Crippen LogP contribution is -2.27. The second-order valence-corrected chi connectivity index (χ2v) is 6.98. The highest BCUT2D eigenvalue weighted by Crippen LogP contribution is 2.30. The standard InChI is InChI=1S/C18H19F3IN3O4/c19-13-8-11(22)1-2-14(13)24-17-12(18(28)25-29-6-5-27)7-10(9-23-3-4-26)15(20)16(17)21/h1-2,7-8,23-24,26-27H,3-6,9H2,(H,25,28). The van der Waals surface area contributed by atoms with Crippen molar-refractivity contribution in [3.05, 3.63) is 56.4 Å². The maximum Gasteiger partial charge on any atom is 0.277 e. The number of rotatable bonds is 10. The third-order valence-electron chi connectivity index (χ3n) is 3.68. The Morgan fingerprint density at radius 3 is 2.52 bits per heavy atom. The lowest BCUT2D eigenvalue weighted by Gasteiger charge is -2.17. The van der Waals surface area contributed by atoms with Gasteiger partial charge in [0.15, 0.2) is 11.6 Å². The van der Waals surface area contributed by atoms with Crippen LogP contribution in [0.4, 0.5) is 24.5 Å². The zero-order valence-corrected chi connectivity index (χ0v) is 17.2. The van der Waals surface area contributed by atoms with Crippen LogP contribution in [-0.2, 0) is 11.4 Å². The number of hydroxylamine groups is 1. The third kappa shape index (κ3) is 6.27. The fraction of sp³-hybridized carbons (Fsp3) is 0.278. The van der Waals surface area contributed by atoms with E-state index < -0.39 is 29.0 Å². The Labute approximate surface area is 178 Å². The summed E-state index contributed by atoms with van der Waals surface area (Å²) in [5.41, 5.74) is 0.782. The molecule has 11 heteroatoms. The highest BCUT2D eigenvalue weighted by atomic mass is 127. The average Bonchev–Trinajstić information content (AvgIpc) is 2.69. The maximum atomic E-state index is 14.8. The van der Waals surface area contributed by atoms with Crippen LogP contribution in [0.1, 0.15) is 15.9 Å². The van der Waals surface area contributed by atoms with Gasteiger partial charge in [-0.3, -0.25) is 9.63 Å². The van der Waals surface area contributed by atoms with E-state index in [0.717, 1.165) is 6.07 Å². The molecule has 0 heterocycles. The monoisotopic (exact) mass is 525 g/mol. The lowest BCUT2D eigenvalue weighted by molar-refractivity contribution is 0.0168. The largest absolute Gasteiger partial charge is 0.395 e. The predicted molar refractivity (Wildman–Crippen MR) is 108 cm³/mol. The van der Waals surface area contributed by atoms with Crippen LogP contribution in [0.3, 0.4) is 0 Å². The first-order valence-electron chi connectivity index (χ1n) is 8.46. The van der Waals surface area contributed by atoms with E-state index in [2.05, 4.69) is 10.6 Å². The molecule has 7 nitrogen and oxygen atoms in total. The molecule has 2 rings (SSSR count). The predicted octanol–water partition coefficient (Wildman–Crippen LogP) is 2.19. The Bertz CT molecular complexity index is 871. The zero-order valence-electron chi connectivity index (χ0n) is 15.1. The summed E-state index contributed by atoms with van der Waals surface area (Å²) in [4.78, 5) is 17.1. The van der Waals surface area contributed by atoms with Gasteiger partial charge in [-0.05, 0) is 46.9 Å². The van der Waals surface area contributed by atoms with Gasteiger partial charge in [0, 0.05) is 22.2 Å². The molecule has 158 valence electrons. The smallest absolute Gasteiger partial charge is 0.277 e. The second kappa shape index (κ2) is 11.3. The summed E-state index contributed by atoms with van der Waals surface area (Å²) >= 11 is 1.89. The van der Waals surface area contributed by atoms with Crippen molar-refractivity contribution in [2.24, 2.45) is 0 Å². The molecule has 0 saturated carbocycles. The first kappa shape index (κ1) is 23.3. The highest BCUT2D eigenvalue weighted by Gasteiger charge is 2.23. The summed E-state index contributed by atoms with van der Waals surface area (Å²) in [6.45, 7) is -0.810. The second-order valence-electron chi connectivity index (χ2n) is 5.74. The fourth-order valence-electron chi connectivity index (χ4n) is 2.35. The SMILES string of the molecule is O=C(NOCCO)c1cc(CNCCO)c(F)c(F)c1Nc1ccc(I)cc1F. The lowest BCUT2D eigenvalue weighted by atomic mass is 10.1. The number of nitrogens with one attached hydrogen (secondary N) is 3. The van der Waals surface area contributed by atoms with Gasteiger partial charge in [-0.2, -0.15) is 0 Å². The molecule has 0 aliphatic heterocycles. The van der Waals surface area contributed by atoms with Crippen LogP contribution < -0.4 is 16.1 Å². The van der Waals surface area contributed by atoms with Crippen LogP contribution in [0.2, 0.25) is 0 Å². The minimum Gasteiger partial charge on any atom is -0.395 e. The van der Waals surface area contributed by atoms with E-state index in [1.54, 1.807) is 6.07 Å². The Kier molecular flexibility index (Phi) is 9.10. The maximum absolute atomic E-state index is 14.8. The van der Waals surface area contributed by atoms with Crippen LogP contribution in [0.25, 0.3) is 0 Å². The van der Waals surface area contributed by atoms with Gasteiger partial charge >= 0.3 is 0 Å². The molecule has 2 aromatic rings. The molecule has 2 aromatic carbocycles. The topological polar surface area (TPSA) is 103 Å². The zero-order chi connectivity index (χ0) is 21.4. The summed E-state index contributed by atoms with van der Waals surface area (Å²) < 4.78 is 44.0. The molecule has 0 bridgehead atoms. The normalized spacial score (nSPS) is 10.8. The number of benzene rings is 2. The summed E-state index contributed by atoms with van der Waals surface area (Å²) in [6.07, 6.45) is 0. The van der Waals surface area contributed by atoms with Crippen LogP contribution in [0, 0.1) is 21.0 Å². The quantitative estimate of drug-likeness (QED) is 0.185. The van der Waals surface area contributed by atoms with Gasteiger partial charge in [0.1, 0.15) is 5.82 Å². The first-order valence-corrected chi connectivity index (χ1v) is 9.54. The number of hydrogen-bond donors (Lipinski definition) is 5.